The van der Waals surface area contributed by atoms with E-state index in [0.29, 0.717) is 5.56 Å². The molecule has 0 radical (unpaired) electrons. The maximum absolute atomic E-state index is 12.9. The Hall–Kier alpha value is -2.31. The van der Waals surface area contributed by atoms with Crippen molar-refractivity contribution in [2.24, 2.45) is 0 Å². The molecule has 0 saturated carbocycles. The topological polar surface area (TPSA) is 46.9 Å². The Morgan fingerprint density at radius 3 is 2.38 bits per heavy atom. The molecular weight excluding hydrogens is 319 g/mol. The molecule has 0 spiro atoms. The molecule has 130 valence electrons. The van der Waals surface area contributed by atoms with Gasteiger partial charge in [0.15, 0.2) is 0 Å². The Labute approximate surface area is 138 Å². The molecule has 0 saturated heterocycles. The summed E-state index contributed by atoms with van der Waals surface area (Å²) in [7, 11) is 0. The third-order valence-electron chi connectivity index (χ3n) is 3.74. The Bertz CT molecular complexity index is 695. The van der Waals surface area contributed by atoms with E-state index in [9.17, 15) is 18.0 Å². The van der Waals surface area contributed by atoms with Crippen LogP contribution in [0, 0.1) is 13.8 Å². The summed E-state index contributed by atoms with van der Waals surface area (Å²) >= 11 is 0. The minimum Gasteiger partial charge on any atom is -0.347 e. The van der Waals surface area contributed by atoms with Crippen molar-refractivity contribution >= 4 is 5.91 Å². The normalized spacial score (nSPS) is 14.2. The highest BCUT2D eigenvalue weighted by Crippen LogP contribution is 2.30. The maximum atomic E-state index is 12.9. The van der Waals surface area contributed by atoms with Crippen LogP contribution < -0.4 is 5.32 Å². The molecule has 0 fully saturated rings. The molecule has 1 amide bonds. The number of amides is 1. The van der Waals surface area contributed by atoms with Gasteiger partial charge in [0.2, 0.25) is 5.91 Å². The number of benzene rings is 1. The number of hydrogen-bond donors (Lipinski definition) is 1. The van der Waals surface area contributed by atoms with Crippen LogP contribution in [0.5, 0.6) is 0 Å². The molecule has 4 nitrogen and oxygen atoms in total. The summed E-state index contributed by atoms with van der Waals surface area (Å²) in [6, 6.07) is 8.15. The second kappa shape index (κ2) is 7.07. The first-order chi connectivity index (χ1) is 11.2. The van der Waals surface area contributed by atoms with Gasteiger partial charge in [0.05, 0.1) is 18.2 Å². The first-order valence-electron chi connectivity index (χ1n) is 7.62. The van der Waals surface area contributed by atoms with Gasteiger partial charge in [-0.05, 0) is 32.4 Å². The zero-order chi connectivity index (χ0) is 17.9. The summed E-state index contributed by atoms with van der Waals surface area (Å²) in [6.07, 6.45) is -5.50. The Balaban J connectivity index is 2.19. The van der Waals surface area contributed by atoms with E-state index in [1.807, 2.05) is 6.07 Å². The quantitative estimate of drug-likeness (QED) is 0.899. The van der Waals surface area contributed by atoms with Crippen LogP contribution in [0.15, 0.2) is 36.4 Å². The number of nitrogens with zero attached hydrogens (tertiary/aromatic N) is 2. The number of nitrogens with one attached hydrogen (secondary N) is 1. The lowest BCUT2D eigenvalue weighted by atomic mass is 10.0. The molecule has 7 heteroatoms. The smallest absolute Gasteiger partial charge is 0.347 e. The standard InChI is InChI=1S/C17H20F3N3O/c1-11-9-12(2)23(22-11)13(3)16(24)21-15(10-17(18,19)20)14-7-5-4-6-8-14/h4-9,13,15H,10H2,1-3H3,(H,21,24)/t13-,15+/m1/s1. The summed E-state index contributed by atoms with van der Waals surface area (Å²) in [5.74, 6) is -0.501. The van der Waals surface area contributed by atoms with Crippen molar-refractivity contribution < 1.29 is 18.0 Å². The zero-order valence-corrected chi connectivity index (χ0v) is 13.8. The number of carbonyl (C=O) groups is 1. The molecule has 2 rings (SSSR count). The summed E-state index contributed by atoms with van der Waals surface area (Å²) in [4.78, 5) is 12.4. The Morgan fingerprint density at radius 2 is 1.88 bits per heavy atom. The number of hydrogen-bond acceptors (Lipinski definition) is 2. The van der Waals surface area contributed by atoms with Gasteiger partial charge in [-0.2, -0.15) is 18.3 Å². The fourth-order valence-corrected chi connectivity index (χ4v) is 2.61. The van der Waals surface area contributed by atoms with E-state index in [4.69, 9.17) is 0 Å². The van der Waals surface area contributed by atoms with E-state index in [1.165, 1.54) is 4.68 Å². The lowest BCUT2D eigenvalue weighted by Crippen LogP contribution is -2.36. The van der Waals surface area contributed by atoms with E-state index in [2.05, 4.69) is 10.4 Å². The minimum absolute atomic E-state index is 0.420. The van der Waals surface area contributed by atoms with Gasteiger partial charge in [-0.3, -0.25) is 9.48 Å². The van der Waals surface area contributed by atoms with E-state index >= 15 is 0 Å². The average molecular weight is 339 g/mol. The van der Waals surface area contributed by atoms with Crippen LogP contribution in [0.25, 0.3) is 0 Å². The van der Waals surface area contributed by atoms with Gasteiger partial charge in [0.25, 0.3) is 0 Å². The van der Waals surface area contributed by atoms with Crippen LogP contribution in [-0.2, 0) is 4.79 Å². The SMILES string of the molecule is Cc1cc(C)n([C@H](C)C(=O)N[C@@H](CC(F)(F)F)c2ccccc2)n1. The van der Waals surface area contributed by atoms with Crippen molar-refractivity contribution in [2.45, 2.75) is 45.5 Å². The molecule has 2 aromatic rings. The maximum Gasteiger partial charge on any atom is 0.391 e. The van der Waals surface area contributed by atoms with Crippen LogP contribution in [0.2, 0.25) is 0 Å². The Morgan fingerprint density at radius 1 is 1.25 bits per heavy atom. The molecular formula is C17H20F3N3O. The van der Waals surface area contributed by atoms with Gasteiger partial charge in [0, 0.05) is 5.69 Å². The van der Waals surface area contributed by atoms with Crippen molar-refractivity contribution in [1.29, 1.82) is 0 Å². The van der Waals surface area contributed by atoms with E-state index in [-0.39, 0.29) is 0 Å². The first-order valence-corrected chi connectivity index (χ1v) is 7.62. The average Bonchev–Trinajstić information content (AvgIpc) is 2.84. The highest BCUT2D eigenvalue weighted by Gasteiger charge is 2.34. The van der Waals surface area contributed by atoms with E-state index in [1.54, 1.807) is 51.1 Å². The third kappa shape index (κ3) is 4.59. The molecule has 1 aromatic heterocycles. The van der Waals surface area contributed by atoms with Crippen LogP contribution in [0.3, 0.4) is 0 Å². The van der Waals surface area contributed by atoms with Crippen molar-refractivity contribution in [1.82, 2.24) is 15.1 Å². The number of halogens is 3. The van der Waals surface area contributed by atoms with E-state index in [0.717, 1.165) is 11.4 Å². The number of alkyl halides is 3. The molecule has 24 heavy (non-hydrogen) atoms. The molecule has 1 N–H and O–H groups in total. The highest BCUT2D eigenvalue weighted by atomic mass is 19.4. The number of rotatable bonds is 5. The predicted octanol–water partition coefficient (Wildman–Crippen LogP) is 3.87. The minimum atomic E-state index is -4.38. The predicted molar refractivity (Wildman–Crippen MR) is 84.4 cm³/mol. The monoisotopic (exact) mass is 339 g/mol. The molecule has 0 bridgehead atoms. The lowest BCUT2D eigenvalue weighted by molar-refractivity contribution is -0.143. The van der Waals surface area contributed by atoms with Crippen LogP contribution in [0.1, 0.15) is 42.4 Å². The van der Waals surface area contributed by atoms with E-state index < -0.39 is 30.6 Å². The summed E-state index contributed by atoms with van der Waals surface area (Å²) in [6.45, 7) is 5.21. The fraction of sp³-hybridized carbons (Fsp3) is 0.412. The number of carbonyl (C=O) groups excluding carboxylic acids is 1. The second-order valence-electron chi connectivity index (χ2n) is 5.84. The fourth-order valence-electron chi connectivity index (χ4n) is 2.61. The first kappa shape index (κ1) is 18.0. The number of aromatic nitrogens is 2. The second-order valence-corrected chi connectivity index (χ2v) is 5.84. The summed E-state index contributed by atoms with van der Waals surface area (Å²) in [5.41, 5.74) is 1.95. The molecule has 0 aliphatic heterocycles. The molecule has 1 heterocycles. The molecule has 1 aromatic carbocycles. The van der Waals surface area contributed by atoms with Gasteiger partial charge < -0.3 is 5.32 Å². The molecule has 0 aliphatic carbocycles. The molecule has 2 atom stereocenters. The zero-order valence-electron chi connectivity index (χ0n) is 13.8. The third-order valence-corrected chi connectivity index (χ3v) is 3.74. The lowest BCUT2D eigenvalue weighted by Gasteiger charge is -2.23. The van der Waals surface area contributed by atoms with Gasteiger partial charge >= 0.3 is 6.18 Å². The van der Waals surface area contributed by atoms with Gasteiger partial charge in [-0.15, -0.1) is 0 Å². The van der Waals surface area contributed by atoms with Crippen molar-refractivity contribution in [3.8, 4) is 0 Å². The number of aryl methyl sites for hydroxylation is 2. The van der Waals surface area contributed by atoms with Gasteiger partial charge in [0.1, 0.15) is 6.04 Å². The largest absolute Gasteiger partial charge is 0.391 e. The Kier molecular flexibility index (Phi) is 5.31. The van der Waals surface area contributed by atoms with Crippen molar-refractivity contribution in [3.63, 3.8) is 0 Å². The summed E-state index contributed by atoms with van der Waals surface area (Å²) in [5, 5.41) is 6.72. The van der Waals surface area contributed by atoms with Crippen LogP contribution in [0.4, 0.5) is 13.2 Å². The highest BCUT2D eigenvalue weighted by molar-refractivity contribution is 5.80. The van der Waals surface area contributed by atoms with Crippen LogP contribution >= 0.6 is 0 Å². The van der Waals surface area contributed by atoms with Gasteiger partial charge in [-0.1, -0.05) is 30.3 Å². The summed E-state index contributed by atoms with van der Waals surface area (Å²) < 4.78 is 40.1. The van der Waals surface area contributed by atoms with Crippen molar-refractivity contribution in [2.75, 3.05) is 0 Å². The van der Waals surface area contributed by atoms with Crippen LogP contribution in [-0.4, -0.2) is 21.9 Å². The van der Waals surface area contributed by atoms with Gasteiger partial charge in [-0.25, -0.2) is 0 Å². The van der Waals surface area contributed by atoms with Crippen molar-refractivity contribution in [3.05, 3.63) is 53.3 Å². The molecule has 0 aliphatic rings. The molecule has 0 unspecified atom stereocenters.